The first-order chi connectivity index (χ1) is 18.8. The summed E-state index contributed by atoms with van der Waals surface area (Å²) in [7, 11) is 0. The van der Waals surface area contributed by atoms with Crippen LogP contribution in [0.25, 0.3) is 0 Å². The van der Waals surface area contributed by atoms with Crippen molar-refractivity contribution < 1.29 is 38.8 Å². The molecule has 0 aliphatic heterocycles. The Bertz CT molecular complexity index is 1520. The Morgan fingerprint density at radius 2 is 1.00 bits per heavy atom. The Morgan fingerprint density at radius 3 is 1.38 bits per heavy atom. The highest BCUT2D eigenvalue weighted by Crippen LogP contribution is 2.32. The summed E-state index contributed by atoms with van der Waals surface area (Å²) < 4.78 is 10.0. The van der Waals surface area contributed by atoms with Gasteiger partial charge in [-0.1, -0.05) is 0 Å². The van der Waals surface area contributed by atoms with Crippen LogP contribution < -0.4 is 11.5 Å². The van der Waals surface area contributed by atoms with Gasteiger partial charge in [0.2, 0.25) is 0 Å². The second-order valence-corrected chi connectivity index (χ2v) is 7.72. The number of nitro groups is 4. The molecular formula is C22H16N6O12. The highest BCUT2D eigenvalue weighted by Gasteiger charge is 2.30. The van der Waals surface area contributed by atoms with Gasteiger partial charge in [-0.2, -0.15) is 0 Å². The molecule has 0 radical (unpaired) electrons. The predicted octanol–water partition coefficient (Wildman–Crippen LogP) is 3.20. The van der Waals surface area contributed by atoms with Crippen LogP contribution in [0.2, 0.25) is 0 Å². The number of hydrogen-bond donors (Lipinski definition) is 2. The lowest BCUT2D eigenvalue weighted by molar-refractivity contribution is -0.396. The minimum atomic E-state index is -1.37. The van der Waals surface area contributed by atoms with Crippen LogP contribution in [0.4, 0.5) is 34.1 Å². The zero-order valence-corrected chi connectivity index (χ0v) is 19.9. The normalized spacial score (nSPS) is 10.4. The van der Waals surface area contributed by atoms with Gasteiger partial charge in [0, 0.05) is 24.3 Å². The van der Waals surface area contributed by atoms with Gasteiger partial charge in [-0.25, -0.2) is 9.59 Å². The fourth-order valence-electron chi connectivity index (χ4n) is 3.56. The number of carbonyl (C=O) groups is 2. The summed E-state index contributed by atoms with van der Waals surface area (Å²) in [6.07, 6.45) is 0. The summed E-state index contributed by atoms with van der Waals surface area (Å²) in [4.78, 5) is 67.5. The molecule has 0 spiro atoms. The van der Waals surface area contributed by atoms with Gasteiger partial charge >= 0.3 is 11.9 Å². The van der Waals surface area contributed by atoms with Crippen molar-refractivity contribution in [3.63, 3.8) is 0 Å². The van der Waals surface area contributed by atoms with E-state index >= 15 is 0 Å². The molecule has 18 heteroatoms. The van der Waals surface area contributed by atoms with E-state index in [-0.39, 0.29) is 5.69 Å². The van der Waals surface area contributed by atoms with Crippen LogP contribution in [0.3, 0.4) is 0 Å². The standard InChI is InChI=1S/C22H16N6O12/c23-14-8-7-11(21(29)39-9-12-15(25(31)32)3-1-4-16(12)26(33)34)19(20(14)24)22(30)40-10-13-17(27(35)36)5-2-6-18(13)28(37)38/h1-8H,9-10,23-24H2. The second kappa shape index (κ2) is 11.5. The maximum Gasteiger partial charge on any atom is 0.341 e. The maximum atomic E-state index is 13.0. The first kappa shape index (κ1) is 28.4. The summed E-state index contributed by atoms with van der Waals surface area (Å²) >= 11 is 0. The van der Waals surface area contributed by atoms with Crippen LogP contribution in [0.15, 0.2) is 48.5 Å². The molecule has 40 heavy (non-hydrogen) atoms. The summed E-state index contributed by atoms with van der Waals surface area (Å²) in [5.41, 5.74) is 5.71. The van der Waals surface area contributed by atoms with Gasteiger partial charge in [-0.15, -0.1) is 0 Å². The van der Waals surface area contributed by atoms with E-state index in [1.807, 2.05) is 0 Å². The summed E-state index contributed by atoms with van der Waals surface area (Å²) in [5.74, 6) is -2.69. The molecule has 0 aliphatic carbocycles. The Hall–Kier alpha value is -6.20. The summed E-state index contributed by atoms with van der Waals surface area (Å²) in [6, 6.07) is 8.06. The number of rotatable bonds is 10. The van der Waals surface area contributed by atoms with Gasteiger partial charge in [0.25, 0.3) is 22.7 Å². The SMILES string of the molecule is Nc1ccc(C(=O)OCc2c([N+](=O)[O-])cccc2[N+](=O)[O-])c(C(=O)OCc2c([N+](=O)[O-])cccc2[N+](=O)[O-])c1N. The van der Waals surface area contributed by atoms with Crippen LogP contribution in [-0.4, -0.2) is 31.6 Å². The maximum absolute atomic E-state index is 13.0. The molecule has 0 amide bonds. The zero-order chi connectivity index (χ0) is 29.7. The molecule has 0 heterocycles. The number of nitro benzene ring substituents is 4. The molecular weight excluding hydrogens is 540 g/mol. The van der Waals surface area contributed by atoms with Crippen LogP contribution in [-0.2, 0) is 22.7 Å². The highest BCUT2D eigenvalue weighted by molar-refractivity contribution is 6.08. The van der Waals surface area contributed by atoms with Crippen molar-refractivity contribution in [1.82, 2.24) is 0 Å². The number of nitrogens with zero attached hydrogens (tertiary/aromatic N) is 4. The minimum absolute atomic E-state index is 0.200. The molecule has 4 N–H and O–H groups in total. The number of ether oxygens (including phenoxy) is 2. The van der Waals surface area contributed by atoms with Crippen molar-refractivity contribution in [2.24, 2.45) is 0 Å². The second-order valence-electron chi connectivity index (χ2n) is 7.72. The fraction of sp³-hybridized carbons (Fsp3) is 0.0909. The molecule has 3 rings (SSSR count). The average molecular weight is 556 g/mol. The molecule has 3 aromatic rings. The first-order valence-electron chi connectivity index (χ1n) is 10.7. The van der Waals surface area contributed by atoms with Gasteiger partial charge < -0.3 is 20.9 Å². The molecule has 0 saturated heterocycles. The van der Waals surface area contributed by atoms with Crippen molar-refractivity contribution in [1.29, 1.82) is 0 Å². The van der Waals surface area contributed by atoms with Crippen molar-refractivity contribution in [2.45, 2.75) is 13.2 Å². The number of benzene rings is 3. The number of hydrogen-bond acceptors (Lipinski definition) is 14. The molecule has 0 unspecified atom stereocenters. The molecule has 3 aromatic carbocycles. The van der Waals surface area contributed by atoms with E-state index in [1.165, 1.54) is 0 Å². The Kier molecular flexibility index (Phi) is 8.13. The number of esters is 2. The van der Waals surface area contributed by atoms with E-state index in [0.29, 0.717) is 0 Å². The minimum Gasteiger partial charge on any atom is -0.457 e. The predicted molar refractivity (Wildman–Crippen MR) is 133 cm³/mol. The van der Waals surface area contributed by atoms with Crippen LogP contribution in [0.1, 0.15) is 31.8 Å². The molecule has 0 atom stereocenters. The van der Waals surface area contributed by atoms with Gasteiger partial charge in [0.05, 0.1) is 42.2 Å². The number of carbonyl (C=O) groups excluding carboxylic acids is 2. The van der Waals surface area contributed by atoms with E-state index in [2.05, 4.69) is 0 Å². The smallest absolute Gasteiger partial charge is 0.341 e. The van der Waals surface area contributed by atoms with Gasteiger partial charge in [0.15, 0.2) is 0 Å². The molecule has 206 valence electrons. The van der Waals surface area contributed by atoms with E-state index in [4.69, 9.17) is 20.9 Å². The number of nitrogen functional groups attached to an aromatic ring is 2. The highest BCUT2D eigenvalue weighted by atomic mass is 16.6. The van der Waals surface area contributed by atoms with E-state index in [0.717, 1.165) is 48.5 Å². The fourth-order valence-corrected chi connectivity index (χ4v) is 3.56. The number of nitrogens with two attached hydrogens (primary N) is 2. The zero-order valence-electron chi connectivity index (χ0n) is 19.9. The van der Waals surface area contributed by atoms with Crippen molar-refractivity contribution >= 4 is 46.1 Å². The number of anilines is 2. The van der Waals surface area contributed by atoms with Crippen LogP contribution in [0.5, 0.6) is 0 Å². The Labute approximate surface area is 221 Å². The van der Waals surface area contributed by atoms with Crippen molar-refractivity contribution in [2.75, 3.05) is 11.5 Å². The Balaban J connectivity index is 1.94. The topological polar surface area (TPSA) is 277 Å². The van der Waals surface area contributed by atoms with E-state index < -0.39 is 95.5 Å². The molecule has 0 saturated carbocycles. The largest absolute Gasteiger partial charge is 0.457 e. The molecule has 18 nitrogen and oxygen atoms in total. The first-order valence-corrected chi connectivity index (χ1v) is 10.7. The third-order valence-corrected chi connectivity index (χ3v) is 5.44. The van der Waals surface area contributed by atoms with Crippen molar-refractivity contribution in [3.8, 4) is 0 Å². The lowest BCUT2D eigenvalue weighted by atomic mass is 10.0. The molecule has 0 aliphatic rings. The third kappa shape index (κ3) is 5.69. The van der Waals surface area contributed by atoms with E-state index in [1.54, 1.807) is 0 Å². The molecule has 0 aromatic heterocycles. The molecule has 0 fully saturated rings. The van der Waals surface area contributed by atoms with Crippen LogP contribution in [0, 0.1) is 40.5 Å². The summed E-state index contributed by atoms with van der Waals surface area (Å²) in [6.45, 7) is -1.93. The van der Waals surface area contributed by atoms with Gasteiger partial charge in [0.1, 0.15) is 24.3 Å². The van der Waals surface area contributed by atoms with Gasteiger partial charge in [-0.3, -0.25) is 40.5 Å². The quantitative estimate of drug-likeness (QED) is 0.157. The average Bonchev–Trinajstić information content (AvgIpc) is 2.90. The lowest BCUT2D eigenvalue weighted by Crippen LogP contribution is -2.18. The lowest BCUT2D eigenvalue weighted by Gasteiger charge is -2.14. The third-order valence-electron chi connectivity index (χ3n) is 5.44. The van der Waals surface area contributed by atoms with Gasteiger partial charge in [-0.05, 0) is 24.3 Å². The Morgan fingerprint density at radius 1 is 0.625 bits per heavy atom. The van der Waals surface area contributed by atoms with Crippen molar-refractivity contribution in [3.05, 3.63) is 111 Å². The van der Waals surface area contributed by atoms with E-state index in [9.17, 15) is 50.0 Å². The molecule has 0 bridgehead atoms. The summed E-state index contributed by atoms with van der Waals surface area (Å²) in [5, 5.41) is 45.3. The monoisotopic (exact) mass is 556 g/mol. The van der Waals surface area contributed by atoms with Crippen LogP contribution >= 0.6 is 0 Å².